The summed E-state index contributed by atoms with van der Waals surface area (Å²) in [6, 6.07) is 14.0. The predicted octanol–water partition coefficient (Wildman–Crippen LogP) is 4.60. The van der Waals surface area contributed by atoms with Crippen molar-refractivity contribution >= 4 is 28.8 Å². The molecule has 5 rings (SSSR count). The van der Waals surface area contributed by atoms with Crippen LogP contribution in [0.3, 0.4) is 0 Å². The van der Waals surface area contributed by atoms with Crippen LogP contribution in [-0.2, 0) is 14.3 Å². The zero-order valence-corrected chi connectivity index (χ0v) is 21.4. The fourth-order valence-corrected chi connectivity index (χ4v) is 4.62. The lowest BCUT2D eigenvalue weighted by Gasteiger charge is -2.34. The summed E-state index contributed by atoms with van der Waals surface area (Å²) in [5, 5.41) is 4.94. The van der Waals surface area contributed by atoms with Crippen LogP contribution in [0.15, 0.2) is 72.8 Å². The first-order valence-electron chi connectivity index (χ1n) is 12.9. The van der Waals surface area contributed by atoms with Crippen molar-refractivity contribution in [3.8, 4) is 0 Å². The highest BCUT2D eigenvalue weighted by Gasteiger charge is 2.31. The molecule has 2 aliphatic heterocycles. The number of carbonyl (C=O) groups is 1. The number of rotatable bonds is 7. The minimum absolute atomic E-state index is 0.0156. The molecule has 0 bridgehead atoms. The Morgan fingerprint density at radius 2 is 1.97 bits per heavy atom. The Hall–Kier alpha value is -3.75. The molecule has 1 aromatic carbocycles. The molecule has 0 spiro atoms. The number of carbonyl (C=O) groups excluding carboxylic acids is 1. The number of aromatic nitrogens is 3. The first-order chi connectivity index (χ1) is 18.2. The highest BCUT2D eigenvalue weighted by Crippen LogP contribution is 2.30. The lowest BCUT2D eigenvalue weighted by Crippen LogP contribution is -2.44. The van der Waals surface area contributed by atoms with Crippen LogP contribution in [0.4, 0.5) is 11.6 Å². The summed E-state index contributed by atoms with van der Waals surface area (Å²) in [5.74, 6) is 1.40. The molecule has 4 heterocycles. The normalized spacial score (nSPS) is 19.6. The van der Waals surface area contributed by atoms with E-state index in [4.69, 9.17) is 19.6 Å². The van der Waals surface area contributed by atoms with Gasteiger partial charge in [0, 0.05) is 30.8 Å². The monoisotopic (exact) mass is 499 g/mol. The van der Waals surface area contributed by atoms with Crippen molar-refractivity contribution in [2.45, 2.75) is 26.4 Å². The van der Waals surface area contributed by atoms with Gasteiger partial charge in [-0.25, -0.2) is 4.98 Å². The molecule has 2 aliphatic rings. The second kappa shape index (κ2) is 11.5. The van der Waals surface area contributed by atoms with Gasteiger partial charge in [-0.3, -0.25) is 9.69 Å². The lowest BCUT2D eigenvalue weighted by atomic mass is 10.1. The summed E-state index contributed by atoms with van der Waals surface area (Å²) >= 11 is 0. The Morgan fingerprint density at radius 1 is 1.16 bits per heavy atom. The van der Waals surface area contributed by atoms with Crippen LogP contribution >= 0.6 is 0 Å². The maximum atomic E-state index is 13.0. The third-order valence-electron chi connectivity index (χ3n) is 6.52. The van der Waals surface area contributed by atoms with Crippen molar-refractivity contribution in [1.82, 2.24) is 14.6 Å². The molecule has 192 valence electrons. The molecule has 0 saturated carbocycles. The zero-order chi connectivity index (χ0) is 25.6. The van der Waals surface area contributed by atoms with E-state index in [0.29, 0.717) is 31.2 Å². The van der Waals surface area contributed by atoms with Crippen LogP contribution in [0.2, 0.25) is 0 Å². The van der Waals surface area contributed by atoms with E-state index in [2.05, 4.69) is 30.1 Å². The van der Waals surface area contributed by atoms with Crippen molar-refractivity contribution in [2.75, 3.05) is 49.3 Å². The summed E-state index contributed by atoms with van der Waals surface area (Å²) in [5.41, 5.74) is 3.56. The predicted molar refractivity (Wildman–Crippen MR) is 146 cm³/mol. The number of benzene rings is 1. The largest absolute Gasteiger partial charge is 0.378 e. The Bertz CT molecular complexity index is 1320. The maximum absolute atomic E-state index is 13.0. The van der Waals surface area contributed by atoms with Gasteiger partial charge in [-0.05, 0) is 18.9 Å². The summed E-state index contributed by atoms with van der Waals surface area (Å²) < 4.78 is 13.4. The van der Waals surface area contributed by atoms with E-state index in [-0.39, 0.29) is 18.6 Å². The zero-order valence-electron chi connectivity index (χ0n) is 21.4. The van der Waals surface area contributed by atoms with Crippen LogP contribution in [0.25, 0.3) is 11.2 Å². The van der Waals surface area contributed by atoms with Gasteiger partial charge in [0.2, 0.25) is 0 Å². The van der Waals surface area contributed by atoms with Gasteiger partial charge in [-0.1, -0.05) is 67.6 Å². The third kappa shape index (κ3) is 5.50. The van der Waals surface area contributed by atoms with Gasteiger partial charge in [-0.2, -0.15) is 9.61 Å². The van der Waals surface area contributed by atoms with Crippen molar-refractivity contribution in [2.24, 2.45) is 0 Å². The molecule has 2 saturated heterocycles. The SMILES string of the molecule is C\C=C/C(=C\C=C\CC)c1cc2nc(N3CC(c4ccccc4)OCC3=O)cc(N3CCOCC3)n2n1. The number of hydrogen-bond acceptors (Lipinski definition) is 6. The van der Waals surface area contributed by atoms with E-state index >= 15 is 0 Å². The minimum Gasteiger partial charge on any atom is -0.378 e. The molecule has 0 radical (unpaired) electrons. The quantitative estimate of drug-likeness (QED) is 0.443. The summed E-state index contributed by atoms with van der Waals surface area (Å²) in [6.45, 7) is 7.30. The van der Waals surface area contributed by atoms with Gasteiger partial charge in [0.1, 0.15) is 24.3 Å². The molecule has 0 N–H and O–H groups in total. The first-order valence-corrected chi connectivity index (χ1v) is 12.9. The Morgan fingerprint density at radius 3 is 2.73 bits per heavy atom. The number of ether oxygens (including phenoxy) is 2. The average molecular weight is 500 g/mol. The van der Waals surface area contributed by atoms with Gasteiger partial charge < -0.3 is 14.4 Å². The second-order valence-electron chi connectivity index (χ2n) is 9.04. The standard InChI is InChI=1S/C29H33N5O3/c1-3-5-7-11-22(10-4-2)24-18-27-30-26(19-28(34(27)31-24)32-14-16-36-17-15-32)33-20-25(37-21-29(33)35)23-12-8-6-9-13-23/h4-13,18-19,25H,3,14-17,20-21H2,1-2H3/b7-5+,10-4-,22-11+. The maximum Gasteiger partial charge on any atom is 0.254 e. The number of nitrogens with zero attached hydrogens (tertiary/aromatic N) is 5. The number of hydrogen-bond donors (Lipinski definition) is 0. The molecular weight excluding hydrogens is 466 g/mol. The van der Waals surface area contributed by atoms with Gasteiger partial charge in [0.25, 0.3) is 5.91 Å². The van der Waals surface area contributed by atoms with Crippen LogP contribution in [-0.4, -0.2) is 60.0 Å². The molecule has 2 fully saturated rings. The molecule has 1 atom stereocenters. The number of amides is 1. The topological polar surface area (TPSA) is 72.2 Å². The van der Waals surface area contributed by atoms with Crippen LogP contribution in [0, 0.1) is 0 Å². The second-order valence-corrected chi connectivity index (χ2v) is 9.04. The lowest BCUT2D eigenvalue weighted by molar-refractivity contribution is -0.129. The van der Waals surface area contributed by atoms with Crippen molar-refractivity contribution < 1.29 is 14.3 Å². The molecule has 8 nitrogen and oxygen atoms in total. The average Bonchev–Trinajstić information content (AvgIpc) is 3.37. The number of morpholine rings is 2. The molecule has 2 aromatic heterocycles. The van der Waals surface area contributed by atoms with Crippen LogP contribution in [0.5, 0.6) is 0 Å². The van der Waals surface area contributed by atoms with E-state index in [1.807, 2.05) is 66.1 Å². The van der Waals surface area contributed by atoms with E-state index in [9.17, 15) is 4.79 Å². The Labute approximate surface area is 217 Å². The van der Waals surface area contributed by atoms with Crippen molar-refractivity contribution in [1.29, 1.82) is 0 Å². The summed E-state index contributed by atoms with van der Waals surface area (Å²) in [6.07, 6.45) is 11.0. The highest BCUT2D eigenvalue weighted by molar-refractivity contribution is 5.94. The van der Waals surface area contributed by atoms with Gasteiger partial charge in [0.05, 0.1) is 25.5 Å². The highest BCUT2D eigenvalue weighted by atomic mass is 16.5. The Balaban J connectivity index is 1.58. The van der Waals surface area contributed by atoms with Crippen LogP contribution < -0.4 is 9.80 Å². The van der Waals surface area contributed by atoms with Gasteiger partial charge in [-0.15, -0.1) is 0 Å². The smallest absolute Gasteiger partial charge is 0.254 e. The summed E-state index contributed by atoms with van der Waals surface area (Å²) in [7, 11) is 0. The fraction of sp³-hybridized carbons (Fsp3) is 0.345. The third-order valence-corrected chi connectivity index (χ3v) is 6.52. The van der Waals surface area contributed by atoms with E-state index in [1.165, 1.54) is 0 Å². The molecule has 8 heteroatoms. The molecular formula is C29H33N5O3. The van der Waals surface area contributed by atoms with Gasteiger partial charge >= 0.3 is 0 Å². The van der Waals surface area contributed by atoms with E-state index in [1.54, 1.807) is 4.90 Å². The first kappa shape index (κ1) is 24.9. The number of anilines is 2. The molecule has 0 aliphatic carbocycles. The number of allylic oxidation sites excluding steroid dienone is 6. The van der Waals surface area contributed by atoms with Gasteiger partial charge in [0.15, 0.2) is 5.65 Å². The van der Waals surface area contributed by atoms with E-state index < -0.39 is 0 Å². The Kier molecular flexibility index (Phi) is 7.77. The molecule has 1 unspecified atom stereocenters. The van der Waals surface area contributed by atoms with Crippen molar-refractivity contribution in [3.05, 3.63) is 84.1 Å². The fourth-order valence-electron chi connectivity index (χ4n) is 4.62. The number of fused-ring (bicyclic) bond motifs is 1. The molecule has 1 amide bonds. The van der Waals surface area contributed by atoms with Crippen molar-refractivity contribution in [3.63, 3.8) is 0 Å². The molecule has 37 heavy (non-hydrogen) atoms. The van der Waals surface area contributed by atoms with E-state index in [0.717, 1.165) is 42.2 Å². The molecule has 3 aromatic rings. The minimum atomic E-state index is -0.209. The van der Waals surface area contributed by atoms with Crippen LogP contribution in [0.1, 0.15) is 37.6 Å². The summed E-state index contributed by atoms with van der Waals surface area (Å²) in [4.78, 5) is 21.9.